The van der Waals surface area contributed by atoms with E-state index in [0.29, 0.717) is 12.2 Å². The molecular weight excluding hydrogens is 516 g/mol. The van der Waals surface area contributed by atoms with Crippen LogP contribution in [0.15, 0.2) is 32.5 Å². The second-order valence-electron chi connectivity index (χ2n) is 7.44. The molecule has 3 aromatic heterocycles. The van der Waals surface area contributed by atoms with Gasteiger partial charge in [0.25, 0.3) is 0 Å². The van der Waals surface area contributed by atoms with Gasteiger partial charge in [0.15, 0.2) is 11.3 Å². The Morgan fingerprint density at radius 1 is 1.42 bits per heavy atom. The smallest absolute Gasteiger partial charge is 0.405 e. The second-order valence-corrected chi connectivity index (χ2v) is 9.65. The average molecular weight is 539 g/mol. The summed E-state index contributed by atoms with van der Waals surface area (Å²) < 4.78 is 38.2. The molecule has 3 heterocycles. The van der Waals surface area contributed by atoms with Crippen LogP contribution in [0.4, 0.5) is 19.3 Å². The summed E-state index contributed by atoms with van der Waals surface area (Å²) >= 11 is 10.8. The number of hydrogen-bond acceptors (Lipinski definition) is 6. The van der Waals surface area contributed by atoms with E-state index in [-0.39, 0.29) is 27.1 Å². The van der Waals surface area contributed by atoms with Crippen molar-refractivity contribution in [1.82, 2.24) is 4.98 Å². The van der Waals surface area contributed by atoms with Gasteiger partial charge in [-0.25, -0.2) is 9.78 Å². The largest absolute Gasteiger partial charge is 0.450 e. The lowest BCUT2D eigenvalue weighted by atomic mass is 10.2. The van der Waals surface area contributed by atoms with Gasteiger partial charge in [-0.15, -0.1) is 11.3 Å². The number of carbonyl (C=O) groups excluding carboxylic acids is 1. The number of pyridine rings is 1. The third kappa shape index (κ3) is 7.05. The minimum atomic E-state index is -3.07. The number of hydrogen-bond donors (Lipinski definition) is 2. The lowest BCUT2D eigenvalue weighted by molar-refractivity contribution is -0.0290. The molecule has 0 radical (unpaired) electrons. The number of nitrogens with one attached hydrogen (secondary N) is 1. The molecule has 31 heavy (non-hydrogen) atoms. The van der Waals surface area contributed by atoms with E-state index in [0.717, 1.165) is 4.88 Å². The first-order chi connectivity index (χ1) is 14.3. The fourth-order valence-electron chi connectivity index (χ4n) is 2.43. The van der Waals surface area contributed by atoms with Crippen molar-refractivity contribution in [3.05, 3.63) is 43.8 Å². The topological polar surface area (TPSA) is 90.4 Å². The van der Waals surface area contributed by atoms with Crippen molar-refractivity contribution < 1.29 is 22.7 Å². The summed E-state index contributed by atoms with van der Waals surface area (Å²) in [6.07, 6.45) is -1.09. The molecule has 3 rings (SSSR count). The fourth-order valence-corrected chi connectivity index (χ4v) is 3.91. The molecule has 1 amide bonds. The van der Waals surface area contributed by atoms with Crippen LogP contribution >= 0.6 is 38.9 Å². The Hall–Kier alpha value is -1.91. The van der Waals surface area contributed by atoms with Crippen molar-refractivity contribution in [3.63, 3.8) is 0 Å². The minimum Gasteiger partial charge on any atom is -0.450 e. The molecule has 0 atom stereocenters. The monoisotopic (exact) mass is 537 g/mol. The number of fused-ring (bicyclic) bond motifs is 1. The van der Waals surface area contributed by atoms with E-state index < -0.39 is 23.4 Å². The number of ether oxygens (including phenoxy) is 1. The quantitative estimate of drug-likeness (QED) is 0.333. The number of halogens is 4. The molecule has 0 bridgehead atoms. The maximum Gasteiger partial charge on any atom is 0.405 e. The number of primary amides is 1. The lowest BCUT2D eigenvalue weighted by Gasteiger charge is -2.16. The van der Waals surface area contributed by atoms with E-state index in [1.165, 1.54) is 6.92 Å². The van der Waals surface area contributed by atoms with Crippen LogP contribution in [0.25, 0.3) is 11.1 Å². The van der Waals surface area contributed by atoms with Crippen molar-refractivity contribution in [1.29, 1.82) is 0 Å². The zero-order valence-electron chi connectivity index (χ0n) is 17.4. The van der Waals surface area contributed by atoms with Gasteiger partial charge in [0.05, 0.1) is 10.2 Å². The average Bonchev–Trinajstić information content (AvgIpc) is 3.27. The van der Waals surface area contributed by atoms with Gasteiger partial charge in [0.2, 0.25) is 0 Å². The number of anilines is 1. The highest BCUT2D eigenvalue weighted by atomic mass is 79.9. The maximum absolute atomic E-state index is 14.0. The van der Waals surface area contributed by atoms with E-state index in [1.54, 1.807) is 38.2 Å². The summed E-state index contributed by atoms with van der Waals surface area (Å²) in [5.41, 5.74) is 5.35. The van der Waals surface area contributed by atoms with Gasteiger partial charge in [0, 0.05) is 23.9 Å². The molecule has 0 spiro atoms. The van der Waals surface area contributed by atoms with Gasteiger partial charge >= 0.3 is 12.0 Å². The summed E-state index contributed by atoms with van der Waals surface area (Å²) in [5.74, 6) is -3.50. The van der Waals surface area contributed by atoms with Gasteiger partial charge in [0.1, 0.15) is 16.3 Å². The van der Waals surface area contributed by atoms with E-state index in [1.807, 2.05) is 17.5 Å². The normalized spacial score (nSPS) is 11.7. The zero-order valence-corrected chi connectivity index (χ0v) is 20.6. The number of carbonyl (C=O) groups is 1. The summed E-state index contributed by atoms with van der Waals surface area (Å²) in [4.78, 5) is 15.2. The molecule has 11 heteroatoms. The third-order valence-electron chi connectivity index (χ3n) is 3.77. The van der Waals surface area contributed by atoms with Crippen LogP contribution in [0.5, 0.6) is 0 Å². The second kappa shape index (κ2) is 10.1. The number of rotatable bonds is 5. The summed E-state index contributed by atoms with van der Waals surface area (Å²) in [6.45, 7) is 7.23. The van der Waals surface area contributed by atoms with Crippen molar-refractivity contribution >= 4 is 61.7 Å². The maximum atomic E-state index is 14.0. The fraction of sp³-hybridized carbons (Fsp3) is 0.400. The van der Waals surface area contributed by atoms with Crippen LogP contribution in [0.2, 0.25) is 5.15 Å². The van der Waals surface area contributed by atoms with Crippen LogP contribution in [-0.4, -0.2) is 16.7 Å². The Labute approximate surface area is 196 Å². The van der Waals surface area contributed by atoms with Crippen molar-refractivity contribution in [2.24, 2.45) is 5.73 Å². The SMILES string of the molecule is CC(C)(C)OC(N)=O.CCC(F)(F)c1oc2c(NCc3cccs3)cc(Cl)nc2c1Br. The van der Waals surface area contributed by atoms with Gasteiger partial charge in [-0.1, -0.05) is 24.6 Å². The van der Waals surface area contributed by atoms with Crippen LogP contribution in [-0.2, 0) is 17.2 Å². The molecular formula is C20H23BrClF2N3O3S. The molecule has 0 aliphatic carbocycles. The third-order valence-corrected chi connectivity index (χ3v) is 5.58. The highest BCUT2D eigenvalue weighted by molar-refractivity contribution is 9.10. The minimum absolute atomic E-state index is 0.140. The van der Waals surface area contributed by atoms with Gasteiger partial charge in [-0.05, 0) is 48.1 Å². The first-order valence-electron chi connectivity index (χ1n) is 9.25. The van der Waals surface area contributed by atoms with Gasteiger partial charge in [-0.2, -0.15) is 8.78 Å². The first kappa shape index (κ1) is 25.4. The highest BCUT2D eigenvalue weighted by Gasteiger charge is 2.37. The summed E-state index contributed by atoms with van der Waals surface area (Å²) in [6, 6.07) is 5.49. The van der Waals surface area contributed by atoms with Crippen LogP contribution in [0.1, 0.15) is 44.8 Å². The highest BCUT2D eigenvalue weighted by Crippen LogP contribution is 2.43. The Bertz CT molecular complexity index is 1040. The molecule has 170 valence electrons. The van der Waals surface area contributed by atoms with E-state index in [2.05, 4.69) is 31.0 Å². The summed E-state index contributed by atoms with van der Waals surface area (Å²) in [5, 5.41) is 5.34. The van der Waals surface area contributed by atoms with Crippen molar-refractivity contribution in [2.45, 2.75) is 52.2 Å². The lowest BCUT2D eigenvalue weighted by Crippen LogP contribution is -2.27. The Kier molecular flexibility index (Phi) is 8.29. The van der Waals surface area contributed by atoms with Gasteiger partial charge < -0.3 is 20.2 Å². The number of alkyl halides is 2. The Balaban J connectivity index is 0.000000366. The van der Waals surface area contributed by atoms with Crippen molar-refractivity contribution in [2.75, 3.05) is 5.32 Å². The molecule has 0 unspecified atom stereocenters. The van der Waals surface area contributed by atoms with E-state index in [4.69, 9.17) is 21.8 Å². The molecule has 0 fully saturated rings. The van der Waals surface area contributed by atoms with Crippen LogP contribution < -0.4 is 11.1 Å². The Morgan fingerprint density at radius 3 is 2.58 bits per heavy atom. The number of furan rings is 1. The van der Waals surface area contributed by atoms with E-state index in [9.17, 15) is 13.6 Å². The van der Waals surface area contributed by atoms with Crippen LogP contribution in [0, 0.1) is 0 Å². The van der Waals surface area contributed by atoms with Crippen LogP contribution in [0.3, 0.4) is 0 Å². The molecule has 0 aliphatic rings. The predicted molar refractivity (Wildman–Crippen MR) is 123 cm³/mol. The molecule has 6 nitrogen and oxygen atoms in total. The predicted octanol–water partition coefficient (Wildman–Crippen LogP) is 7.30. The molecule has 0 aliphatic heterocycles. The van der Waals surface area contributed by atoms with E-state index >= 15 is 0 Å². The first-order valence-corrected chi connectivity index (χ1v) is 11.3. The molecule has 0 saturated carbocycles. The molecule has 0 aromatic carbocycles. The number of nitrogens with zero attached hydrogens (tertiary/aromatic N) is 1. The number of amides is 1. The number of thiophene rings is 1. The molecule has 3 aromatic rings. The summed E-state index contributed by atoms with van der Waals surface area (Å²) in [7, 11) is 0. The Morgan fingerprint density at radius 2 is 2.10 bits per heavy atom. The zero-order chi connectivity index (χ0) is 23.4. The number of nitrogens with two attached hydrogens (primary N) is 1. The standard InChI is InChI=1S/C15H12BrClF2N2OS.C5H11NO2/c1-2-15(18,19)14-11(16)12-13(22-14)9(6-10(17)21-12)20-7-8-4-3-5-23-8;1-5(2,3)8-4(6)7/h3-6H,2,7H2,1H3,(H,20,21);1-3H3,(H2,6,7). The van der Waals surface area contributed by atoms with Gasteiger partial charge in [-0.3, -0.25) is 0 Å². The number of aromatic nitrogens is 1. The van der Waals surface area contributed by atoms with Crippen molar-refractivity contribution in [3.8, 4) is 0 Å². The molecule has 0 saturated heterocycles. The molecule has 3 N–H and O–H groups in total.